The Morgan fingerprint density at radius 1 is 0.941 bits per heavy atom. The standard InChI is InChI=1S/C16H23N/c17-16(9-2-1-3-10-16)12-13-7-8-14-5-4-6-15(14)11-13/h7-8,11H,1-6,9-10,12,17H2. The Morgan fingerprint density at radius 2 is 1.71 bits per heavy atom. The molecule has 2 aliphatic rings. The van der Waals surface area contributed by atoms with Crippen molar-refractivity contribution in [3.05, 3.63) is 34.9 Å². The number of benzene rings is 1. The van der Waals surface area contributed by atoms with Crippen LogP contribution in [0.4, 0.5) is 0 Å². The maximum absolute atomic E-state index is 6.54. The van der Waals surface area contributed by atoms with Crippen molar-refractivity contribution in [1.82, 2.24) is 0 Å². The fourth-order valence-electron chi connectivity index (χ4n) is 3.57. The van der Waals surface area contributed by atoms with Crippen molar-refractivity contribution in [2.24, 2.45) is 5.73 Å². The molecular formula is C16H23N. The van der Waals surface area contributed by atoms with Crippen molar-refractivity contribution in [2.45, 2.75) is 63.3 Å². The minimum atomic E-state index is 0.0884. The summed E-state index contributed by atoms with van der Waals surface area (Å²) >= 11 is 0. The second-order valence-corrected chi connectivity index (χ2v) is 6.06. The normalized spacial score (nSPS) is 22.4. The summed E-state index contributed by atoms with van der Waals surface area (Å²) < 4.78 is 0. The number of rotatable bonds is 2. The van der Waals surface area contributed by atoms with Crippen LogP contribution in [0.2, 0.25) is 0 Å². The molecule has 0 heterocycles. The van der Waals surface area contributed by atoms with Crippen LogP contribution in [-0.2, 0) is 19.3 Å². The summed E-state index contributed by atoms with van der Waals surface area (Å²) in [6, 6.07) is 7.07. The Hall–Kier alpha value is -0.820. The van der Waals surface area contributed by atoms with Gasteiger partial charge in [0.15, 0.2) is 0 Å². The van der Waals surface area contributed by atoms with Gasteiger partial charge in [0.1, 0.15) is 0 Å². The van der Waals surface area contributed by atoms with Crippen molar-refractivity contribution < 1.29 is 0 Å². The molecule has 0 amide bonds. The molecule has 0 saturated heterocycles. The molecule has 0 unspecified atom stereocenters. The van der Waals surface area contributed by atoms with Crippen LogP contribution in [0.25, 0.3) is 0 Å². The van der Waals surface area contributed by atoms with Crippen LogP contribution in [-0.4, -0.2) is 5.54 Å². The van der Waals surface area contributed by atoms with Gasteiger partial charge < -0.3 is 5.73 Å². The highest BCUT2D eigenvalue weighted by Crippen LogP contribution is 2.30. The van der Waals surface area contributed by atoms with E-state index in [4.69, 9.17) is 5.73 Å². The molecular weight excluding hydrogens is 206 g/mol. The van der Waals surface area contributed by atoms with Crippen molar-refractivity contribution >= 4 is 0 Å². The Balaban J connectivity index is 1.76. The van der Waals surface area contributed by atoms with Gasteiger partial charge in [-0.25, -0.2) is 0 Å². The molecule has 0 radical (unpaired) electrons. The van der Waals surface area contributed by atoms with E-state index in [2.05, 4.69) is 18.2 Å². The average molecular weight is 229 g/mol. The predicted octanol–water partition coefficient (Wildman–Crippen LogP) is 3.38. The number of nitrogens with two attached hydrogens (primary N) is 1. The number of hydrogen-bond donors (Lipinski definition) is 1. The van der Waals surface area contributed by atoms with Gasteiger partial charge in [-0.3, -0.25) is 0 Å². The molecule has 1 nitrogen and oxygen atoms in total. The highest BCUT2D eigenvalue weighted by molar-refractivity contribution is 5.36. The van der Waals surface area contributed by atoms with E-state index in [1.807, 2.05) is 0 Å². The molecule has 92 valence electrons. The Labute approximate surface area is 104 Å². The Morgan fingerprint density at radius 3 is 2.53 bits per heavy atom. The van der Waals surface area contributed by atoms with Crippen molar-refractivity contribution in [3.63, 3.8) is 0 Å². The van der Waals surface area contributed by atoms with E-state index >= 15 is 0 Å². The molecule has 0 atom stereocenters. The molecule has 2 N–H and O–H groups in total. The van der Waals surface area contributed by atoms with Gasteiger partial charge in [-0.2, -0.15) is 0 Å². The number of aryl methyl sites for hydroxylation is 2. The molecule has 0 aromatic heterocycles. The fourth-order valence-corrected chi connectivity index (χ4v) is 3.57. The largest absolute Gasteiger partial charge is 0.325 e. The number of fused-ring (bicyclic) bond motifs is 1. The van der Waals surface area contributed by atoms with E-state index in [0.29, 0.717) is 0 Å². The third-order valence-electron chi connectivity index (χ3n) is 4.57. The van der Waals surface area contributed by atoms with E-state index in [0.717, 1.165) is 6.42 Å². The van der Waals surface area contributed by atoms with E-state index < -0.39 is 0 Å². The lowest BCUT2D eigenvalue weighted by atomic mass is 9.78. The summed E-state index contributed by atoms with van der Waals surface area (Å²) in [5, 5.41) is 0. The van der Waals surface area contributed by atoms with Crippen LogP contribution >= 0.6 is 0 Å². The molecule has 2 aliphatic carbocycles. The van der Waals surface area contributed by atoms with E-state index in [9.17, 15) is 0 Å². The zero-order valence-corrected chi connectivity index (χ0v) is 10.7. The zero-order valence-electron chi connectivity index (χ0n) is 10.7. The summed E-state index contributed by atoms with van der Waals surface area (Å²) in [7, 11) is 0. The predicted molar refractivity (Wildman–Crippen MR) is 72.2 cm³/mol. The average Bonchev–Trinajstić information content (AvgIpc) is 2.76. The second kappa shape index (κ2) is 4.45. The first-order chi connectivity index (χ1) is 8.25. The van der Waals surface area contributed by atoms with Crippen molar-refractivity contribution in [3.8, 4) is 0 Å². The molecule has 17 heavy (non-hydrogen) atoms. The first kappa shape index (κ1) is 11.3. The smallest absolute Gasteiger partial charge is 0.0195 e. The van der Waals surface area contributed by atoms with Crippen LogP contribution in [0.3, 0.4) is 0 Å². The van der Waals surface area contributed by atoms with E-state index in [1.165, 1.54) is 56.9 Å². The van der Waals surface area contributed by atoms with Gasteiger partial charge in [0.2, 0.25) is 0 Å². The highest BCUT2D eigenvalue weighted by atomic mass is 14.7. The van der Waals surface area contributed by atoms with Gasteiger partial charge in [-0.15, -0.1) is 0 Å². The zero-order chi connectivity index (χ0) is 11.7. The Kier molecular flexibility index (Phi) is 2.96. The lowest BCUT2D eigenvalue weighted by Gasteiger charge is -2.33. The first-order valence-electron chi connectivity index (χ1n) is 7.15. The fraction of sp³-hybridized carbons (Fsp3) is 0.625. The van der Waals surface area contributed by atoms with Crippen LogP contribution < -0.4 is 5.73 Å². The van der Waals surface area contributed by atoms with Gasteiger partial charge in [-0.05, 0) is 55.2 Å². The maximum atomic E-state index is 6.54. The van der Waals surface area contributed by atoms with Gasteiger partial charge in [0.25, 0.3) is 0 Å². The third-order valence-corrected chi connectivity index (χ3v) is 4.57. The lowest BCUT2D eigenvalue weighted by Crippen LogP contribution is -2.43. The molecule has 1 fully saturated rings. The van der Waals surface area contributed by atoms with Crippen LogP contribution in [0.1, 0.15) is 55.2 Å². The van der Waals surface area contributed by atoms with Gasteiger partial charge in [0, 0.05) is 5.54 Å². The molecule has 1 heteroatoms. The minimum absolute atomic E-state index is 0.0884. The first-order valence-corrected chi connectivity index (χ1v) is 7.15. The molecule has 0 spiro atoms. The van der Waals surface area contributed by atoms with E-state index in [-0.39, 0.29) is 5.54 Å². The van der Waals surface area contributed by atoms with E-state index in [1.54, 1.807) is 11.1 Å². The molecule has 3 rings (SSSR count). The van der Waals surface area contributed by atoms with Gasteiger partial charge in [-0.1, -0.05) is 37.5 Å². The Bertz CT molecular complexity index is 402. The van der Waals surface area contributed by atoms with Crippen LogP contribution in [0.15, 0.2) is 18.2 Å². The molecule has 1 saturated carbocycles. The summed E-state index contributed by atoms with van der Waals surface area (Å²) in [6.07, 6.45) is 11.4. The third kappa shape index (κ3) is 2.40. The lowest BCUT2D eigenvalue weighted by molar-refractivity contribution is 0.294. The molecule has 1 aromatic rings. The van der Waals surface area contributed by atoms with Crippen LogP contribution in [0.5, 0.6) is 0 Å². The summed E-state index contributed by atoms with van der Waals surface area (Å²) in [6.45, 7) is 0. The van der Waals surface area contributed by atoms with Crippen molar-refractivity contribution in [2.75, 3.05) is 0 Å². The molecule has 0 bridgehead atoms. The van der Waals surface area contributed by atoms with Crippen LogP contribution in [0, 0.1) is 0 Å². The summed E-state index contributed by atoms with van der Waals surface area (Å²) in [5.41, 5.74) is 11.3. The van der Waals surface area contributed by atoms with Crippen molar-refractivity contribution in [1.29, 1.82) is 0 Å². The molecule has 0 aliphatic heterocycles. The summed E-state index contributed by atoms with van der Waals surface area (Å²) in [4.78, 5) is 0. The van der Waals surface area contributed by atoms with Gasteiger partial charge in [0.05, 0.1) is 0 Å². The second-order valence-electron chi connectivity index (χ2n) is 6.06. The molecule has 1 aromatic carbocycles. The minimum Gasteiger partial charge on any atom is -0.325 e. The summed E-state index contributed by atoms with van der Waals surface area (Å²) in [5.74, 6) is 0. The quantitative estimate of drug-likeness (QED) is 0.826. The van der Waals surface area contributed by atoms with Gasteiger partial charge >= 0.3 is 0 Å². The number of hydrogen-bond acceptors (Lipinski definition) is 1. The maximum Gasteiger partial charge on any atom is 0.0195 e. The SMILES string of the molecule is NC1(Cc2ccc3c(c2)CCC3)CCCCC1. The monoisotopic (exact) mass is 229 g/mol. The topological polar surface area (TPSA) is 26.0 Å². The highest BCUT2D eigenvalue weighted by Gasteiger charge is 2.27.